The van der Waals surface area contributed by atoms with E-state index in [2.05, 4.69) is 27.6 Å². The molecule has 0 saturated carbocycles. The first-order valence-corrected chi connectivity index (χ1v) is 10.2. The number of hydrogen-bond donors (Lipinski definition) is 1. The molecule has 30 heavy (non-hydrogen) atoms. The van der Waals surface area contributed by atoms with Gasteiger partial charge in [-0.1, -0.05) is 24.3 Å². The number of aliphatic hydroxyl groups is 1. The standard InChI is InChI=1S/C24H24N4O2/c1-27-21-7-3-2-6-20(21)26-23(27)16-28-11-12-30-22-9-8-17(13-19(22)15-28)24(29)18-5-4-10-25-14-18/h2-10,13-14,24,29H,11-12,15-16H2,1H3. The van der Waals surface area contributed by atoms with Gasteiger partial charge in [0.2, 0.25) is 0 Å². The van der Waals surface area contributed by atoms with Crippen LogP contribution in [0.15, 0.2) is 67.0 Å². The van der Waals surface area contributed by atoms with Crippen molar-refractivity contribution in [3.8, 4) is 5.75 Å². The molecule has 3 heterocycles. The van der Waals surface area contributed by atoms with Crippen molar-refractivity contribution in [3.05, 3.63) is 89.5 Å². The first-order valence-electron chi connectivity index (χ1n) is 10.2. The summed E-state index contributed by atoms with van der Waals surface area (Å²) >= 11 is 0. The van der Waals surface area contributed by atoms with Crippen LogP contribution in [0, 0.1) is 0 Å². The van der Waals surface area contributed by atoms with Crippen molar-refractivity contribution in [1.82, 2.24) is 19.4 Å². The van der Waals surface area contributed by atoms with Gasteiger partial charge in [-0.2, -0.15) is 0 Å². The van der Waals surface area contributed by atoms with Gasteiger partial charge >= 0.3 is 0 Å². The van der Waals surface area contributed by atoms with Crippen LogP contribution >= 0.6 is 0 Å². The van der Waals surface area contributed by atoms with Gasteiger partial charge < -0.3 is 14.4 Å². The van der Waals surface area contributed by atoms with Crippen molar-refractivity contribution in [1.29, 1.82) is 0 Å². The van der Waals surface area contributed by atoms with E-state index in [9.17, 15) is 5.11 Å². The minimum absolute atomic E-state index is 0.626. The van der Waals surface area contributed by atoms with Crippen molar-refractivity contribution in [3.63, 3.8) is 0 Å². The van der Waals surface area contributed by atoms with E-state index < -0.39 is 6.10 Å². The van der Waals surface area contributed by atoms with Crippen LogP contribution in [0.1, 0.15) is 28.6 Å². The van der Waals surface area contributed by atoms with Gasteiger partial charge in [0, 0.05) is 43.7 Å². The number of pyridine rings is 1. The molecule has 152 valence electrons. The van der Waals surface area contributed by atoms with Gasteiger partial charge in [0.1, 0.15) is 24.3 Å². The number of aliphatic hydroxyl groups excluding tert-OH is 1. The predicted octanol–water partition coefficient (Wildman–Crippen LogP) is 3.44. The highest BCUT2D eigenvalue weighted by molar-refractivity contribution is 5.75. The molecule has 0 aliphatic carbocycles. The highest BCUT2D eigenvalue weighted by atomic mass is 16.5. The molecule has 4 aromatic rings. The number of imidazole rings is 1. The van der Waals surface area contributed by atoms with Crippen LogP contribution in [0.4, 0.5) is 0 Å². The fraction of sp³-hybridized carbons (Fsp3) is 0.250. The van der Waals surface area contributed by atoms with Crippen LogP contribution in [0.5, 0.6) is 5.75 Å². The second-order valence-electron chi connectivity index (χ2n) is 7.69. The Morgan fingerprint density at radius 2 is 2.00 bits per heavy atom. The lowest BCUT2D eigenvalue weighted by atomic mass is 10.0. The summed E-state index contributed by atoms with van der Waals surface area (Å²) in [6.07, 6.45) is 2.70. The summed E-state index contributed by atoms with van der Waals surface area (Å²) in [4.78, 5) is 11.3. The van der Waals surface area contributed by atoms with Crippen LogP contribution in [0.3, 0.4) is 0 Å². The first-order chi connectivity index (χ1) is 14.7. The van der Waals surface area contributed by atoms with Crippen LogP contribution in [-0.4, -0.2) is 37.7 Å². The molecule has 0 radical (unpaired) electrons. The molecule has 1 aliphatic heterocycles. The SMILES string of the molecule is Cn1c(CN2CCOc3ccc(C(O)c4cccnc4)cc3C2)nc2ccccc21. The highest BCUT2D eigenvalue weighted by Gasteiger charge is 2.20. The summed E-state index contributed by atoms with van der Waals surface area (Å²) in [7, 11) is 2.06. The molecule has 0 spiro atoms. The van der Waals surface area contributed by atoms with Crippen molar-refractivity contribution < 1.29 is 9.84 Å². The van der Waals surface area contributed by atoms with Crippen molar-refractivity contribution >= 4 is 11.0 Å². The van der Waals surface area contributed by atoms with E-state index >= 15 is 0 Å². The number of ether oxygens (including phenoxy) is 1. The molecule has 2 aromatic carbocycles. The van der Waals surface area contributed by atoms with Gasteiger partial charge in [-0.3, -0.25) is 9.88 Å². The lowest BCUT2D eigenvalue weighted by Crippen LogP contribution is -2.26. The fourth-order valence-electron chi connectivity index (χ4n) is 4.04. The Labute approximate surface area is 175 Å². The molecule has 6 heteroatoms. The Morgan fingerprint density at radius 1 is 1.10 bits per heavy atom. The van der Waals surface area contributed by atoms with Crippen LogP contribution in [0.2, 0.25) is 0 Å². The van der Waals surface area contributed by atoms with Gasteiger partial charge in [-0.15, -0.1) is 0 Å². The van der Waals surface area contributed by atoms with Gasteiger partial charge in [0.15, 0.2) is 0 Å². The quantitative estimate of drug-likeness (QED) is 0.569. The van der Waals surface area contributed by atoms with Gasteiger partial charge in [-0.25, -0.2) is 4.98 Å². The van der Waals surface area contributed by atoms with Gasteiger partial charge in [-0.05, 0) is 35.9 Å². The Balaban J connectivity index is 1.40. The number of para-hydroxylation sites is 2. The number of fused-ring (bicyclic) bond motifs is 2. The smallest absolute Gasteiger partial charge is 0.123 e. The van der Waals surface area contributed by atoms with E-state index in [0.717, 1.165) is 58.9 Å². The van der Waals surface area contributed by atoms with E-state index in [4.69, 9.17) is 9.72 Å². The number of rotatable bonds is 4. The van der Waals surface area contributed by atoms with E-state index in [1.807, 2.05) is 48.5 Å². The zero-order valence-electron chi connectivity index (χ0n) is 16.9. The molecule has 0 bridgehead atoms. The van der Waals surface area contributed by atoms with Crippen LogP contribution in [-0.2, 0) is 20.1 Å². The van der Waals surface area contributed by atoms with E-state index in [0.29, 0.717) is 6.61 Å². The summed E-state index contributed by atoms with van der Waals surface area (Å²) < 4.78 is 8.14. The summed E-state index contributed by atoms with van der Waals surface area (Å²) in [5.41, 5.74) is 4.86. The molecule has 1 aliphatic rings. The predicted molar refractivity (Wildman–Crippen MR) is 115 cm³/mol. The molecule has 5 rings (SSSR count). The zero-order valence-corrected chi connectivity index (χ0v) is 16.9. The molecule has 1 N–H and O–H groups in total. The summed E-state index contributed by atoms with van der Waals surface area (Å²) in [6, 6.07) is 17.9. The number of aromatic nitrogens is 3. The Bertz CT molecular complexity index is 1170. The second kappa shape index (κ2) is 7.89. The Kier molecular flexibility index (Phi) is 4.94. The average Bonchev–Trinajstić information content (AvgIpc) is 2.96. The van der Waals surface area contributed by atoms with Crippen molar-refractivity contribution in [2.75, 3.05) is 13.2 Å². The van der Waals surface area contributed by atoms with Crippen molar-refractivity contribution in [2.24, 2.45) is 7.05 Å². The average molecular weight is 400 g/mol. The maximum absolute atomic E-state index is 10.8. The Morgan fingerprint density at radius 3 is 2.83 bits per heavy atom. The molecule has 0 fully saturated rings. The van der Waals surface area contributed by atoms with Gasteiger partial charge in [0.05, 0.1) is 17.6 Å². The van der Waals surface area contributed by atoms with E-state index in [-0.39, 0.29) is 0 Å². The third-order valence-electron chi connectivity index (χ3n) is 5.70. The van der Waals surface area contributed by atoms with Crippen LogP contribution in [0.25, 0.3) is 11.0 Å². The molecule has 0 amide bonds. The van der Waals surface area contributed by atoms with Crippen molar-refractivity contribution in [2.45, 2.75) is 19.2 Å². The monoisotopic (exact) mass is 400 g/mol. The second-order valence-corrected chi connectivity index (χ2v) is 7.69. The van der Waals surface area contributed by atoms with Gasteiger partial charge in [0.25, 0.3) is 0 Å². The summed E-state index contributed by atoms with van der Waals surface area (Å²) in [6.45, 7) is 2.93. The zero-order chi connectivity index (χ0) is 20.5. The lowest BCUT2D eigenvalue weighted by molar-refractivity contribution is 0.214. The number of benzene rings is 2. The molecular formula is C24H24N4O2. The summed E-state index contributed by atoms with van der Waals surface area (Å²) in [5.74, 6) is 1.91. The number of aryl methyl sites for hydroxylation is 1. The maximum atomic E-state index is 10.8. The molecule has 6 nitrogen and oxygen atoms in total. The molecule has 0 saturated heterocycles. The third kappa shape index (κ3) is 3.56. The highest BCUT2D eigenvalue weighted by Crippen LogP contribution is 2.30. The maximum Gasteiger partial charge on any atom is 0.123 e. The topological polar surface area (TPSA) is 63.4 Å². The molecule has 1 unspecified atom stereocenters. The largest absolute Gasteiger partial charge is 0.492 e. The lowest BCUT2D eigenvalue weighted by Gasteiger charge is -2.19. The normalized spacial score (nSPS) is 15.4. The molecule has 1 atom stereocenters. The number of hydrogen-bond acceptors (Lipinski definition) is 5. The number of nitrogens with zero attached hydrogens (tertiary/aromatic N) is 4. The van der Waals surface area contributed by atoms with E-state index in [1.54, 1.807) is 12.4 Å². The minimum Gasteiger partial charge on any atom is -0.492 e. The Hall–Kier alpha value is -3.22. The summed E-state index contributed by atoms with van der Waals surface area (Å²) in [5, 5.41) is 10.8. The molecular weight excluding hydrogens is 376 g/mol. The van der Waals surface area contributed by atoms with Crippen LogP contribution < -0.4 is 4.74 Å². The molecule has 2 aromatic heterocycles. The first kappa shape index (κ1) is 18.8. The fourth-order valence-corrected chi connectivity index (χ4v) is 4.04. The minimum atomic E-state index is -0.708. The third-order valence-corrected chi connectivity index (χ3v) is 5.70. The van der Waals surface area contributed by atoms with E-state index in [1.165, 1.54) is 0 Å².